The number of furan rings is 1. The summed E-state index contributed by atoms with van der Waals surface area (Å²) < 4.78 is 9.37. The third-order valence-corrected chi connectivity index (χ3v) is 15.2. The van der Waals surface area contributed by atoms with Gasteiger partial charge in [0.05, 0.1) is 45.5 Å². The second-order valence-corrected chi connectivity index (χ2v) is 17.5. The summed E-state index contributed by atoms with van der Waals surface area (Å²) in [5, 5.41) is 18.2. The molecule has 1 spiro atoms. The molecule has 4 aromatic heterocycles. The Morgan fingerprint density at radius 2 is 1.10 bits per heavy atom. The van der Waals surface area contributed by atoms with E-state index in [9.17, 15) is 5.26 Å². The summed E-state index contributed by atoms with van der Waals surface area (Å²) in [4.78, 5) is 5.66. The lowest BCUT2D eigenvalue weighted by Crippen LogP contribution is -2.28. The van der Waals surface area contributed by atoms with Crippen molar-refractivity contribution in [1.82, 2.24) is 9.38 Å². The molecule has 17 rings (SSSR count). The van der Waals surface area contributed by atoms with Crippen LogP contribution in [0, 0.1) is 11.3 Å². The van der Waals surface area contributed by atoms with Crippen LogP contribution in [0.5, 0.6) is 0 Å². The summed E-state index contributed by atoms with van der Waals surface area (Å²) in [5.74, 6) is -0.0555. The van der Waals surface area contributed by atoms with Crippen LogP contribution in [0.15, 0.2) is 168 Å². The molecule has 0 N–H and O–H groups in total. The molecule has 0 radical (unpaired) electrons. The summed E-state index contributed by atoms with van der Waals surface area (Å²) >= 11 is 0. The summed E-state index contributed by atoms with van der Waals surface area (Å²) in [5.41, 5.74) is 22.6. The van der Waals surface area contributed by atoms with Crippen LogP contribution in [0.4, 0.5) is 0 Å². The van der Waals surface area contributed by atoms with Crippen LogP contribution in [0.1, 0.15) is 73.2 Å². The third-order valence-electron chi connectivity index (χ3n) is 15.2. The molecule has 12 aromatic rings. The largest absolute Gasteiger partial charge is 0.456 e. The standard InChI is InChI=1S/C57H29N3O/c58-27-29-25-42-52(53-46(29)47-32-15-1-3-17-34(32)48(53)35-18-4-2-16-33(35)47)54-50-37-20-8-12-24-44(37)61-45(50)26-38-49-43(60(42)55(38)54)28-59-56-51(49)36-19-7-11-23-41(36)57(56)39-21-9-5-13-30(39)31-14-6-10-22-40(31)57/h1-26,28,47-48H. The van der Waals surface area contributed by atoms with Gasteiger partial charge in [0.1, 0.15) is 11.2 Å². The number of pyridine rings is 1. The molecule has 0 aliphatic heterocycles. The molecule has 4 heteroatoms. The van der Waals surface area contributed by atoms with Crippen LogP contribution < -0.4 is 0 Å². The molecule has 0 saturated carbocycles. The minimum atomic E-state index is -0.566. The van der Waals surface area contributed by atoms with E-state index in [1.54, 1.807) is 0 Å². The fraction of sp³-hybridized carbons (Fsp3) is 0.0526. The van der Waals surface area contributed by atoms with Crippen LogP contribution in [-0.2, 0) is 5.41 Å². The minimum absolute atomic E-state index is 0.0228. The van der Waals surface area contributed by atoms with Crippen molar-refractivity contribution in [3.05, 3.63) is 225 Å². The van der Waals surface area contributed by atoms with E-state index >= 15 is 0 Å². The van der Waals surface area contributed by atoms with Gasteiger partial charge in [-0.05, 0) is 85.0 Å². The van der Waals surface area contributed by atoms with E-state index in [4.69, 9.17) is 9.40 Å². The summed E-state index contributed by atoms with van der Waals surface area (Å²) in [6.45, 7) is 0. The number of fused-ring (bicyclic) bond motifs is 21. The monoisotopic (exact) mass is 771 g/mol. The van der Waals surface area contributed by atoms with Gasteiger partial charge in [-0.15, -0.1) is 0 Å². The highest BCUT2D eigenvalue weighted by Crippen LogP contribution is 2.65. The number of aromatic nitrogens is 2. The molecule has 4 heterocycles. The first kappa shape index (κ1) is 31.0. The van der Waals surface area contributed by atoms with Crippen molar-refractivity contribution in [1.29, 1.82) is 5.26 Å². The number of rotatable bonds is 0. The van der Waals surface area contributed by atoms with E-state index in [1.165, 1.54) is 82.9 Å². The van der Waals surface area contributed by atoms with Gasteiger partial charge in [0.25, 0.3) is 0 Å². The molecule has 0 atom stereocenters. The Morgan fingerprint density at radius 3 is 1.77 bits per heavy atom. The van der Waals surface area contributed by atoms with Crippen molar-refractivity contribution in [2.75, 3.05) is 0 Å². The van der Waals surface area contributed by atoms with E-state index < -0.39 is 5.41 Å². The Labute approximate surface area is 348 Å². The fourth-order valence-corrected chi connectivity index (χ4v) is 13.2. The zero-order valence-electron chi connectivity index (χ0n) is 32.5. The SMILES string of the molecule is N#Cc1cc2c(c3c1C1c4ccccc4C3c3ccccc31)c1c3c(cc4c5c6c(ncc5n2c41)C1(c2ccccc2-c2ccccc21)c1ccccc1-6)oc1ccccc13. The number of hydrogen-bond donors (Lipinski definition) is 0. The first-order valence-corrected chi connectivity index (χ1v) is 21.2. The van der Waals surface area contributed by atoms with E-state index in [2.05, 4.69) is 174 Å². The Hall–Kier alpha value is -8.00. The topological polar surface area (TPSA) is 54.2 Å². The van der Waals surface area contributed by atoms with E-state index in [1.807, 2.05) is 0 Å². The second kappa shape index (κ2) is 10.2. The van der Waals surface area contributed by atoms with Crippen molar-refractivity contribution in [2.24, 2.45) is 0 Å². The van der Waals surface area contributed by atoms with E-state index in [0.29, 0.717) is 0 Å². The summed E-state index contributed by atoms with van der Waals surface area (Å²) in [6, 6.07) is 60.3. The lowest BCUT2D eigenvalue weighted by Gasteiger charge is -2.43. The molecule has 5 aliphatic carbocycles. The van der Waals surface area contributed by atoms with Crippen molar-refractivity contribution in [2.45, 2.75) is 17.3 Å². The van der Waals surface area contributed by atoms with Crippen LogP contribution in [0.3, 0.4) is 0 Å². The van der Waals surface area contributed by atoms with Gasteiger partial charge >= 0.3 is 0 Å². The molecule has 278 valence electrons. The lowest BCUT2D eigenvalue weighted by molar-refractivity contribution is 0.669. The van der Waals surface area contributed by atoms with Gasteiger partial charge in [0.2, 0.25) is 0 Å². The normalized spacial score (nSPS) is 17.0. The molecular formula is C57H29N3O. The maximum Gasteiger partial charge on any atom is 0.136 e. The van der Waals surface area contributed by atoms with Gasteiger partial charge in [-0.25, -0.2) is 0 Å². The number of hydrogen-bond acceptors (Lipinski definition) is 3. The predicted octanol–water partition coefficient (Wildman–Crippen LogP) is 13.3. The molecule has 8 aromatic carbocycles. The van der Waals surface area contributed by atoms with Crippen molar-refractivity contribution in [3.63, 3.8) is 0 Å². The highest BCUT2D eigenvalue weighted by Gasteiger charge is 2.54. The smallest absolute Gasteiger partial charge is 0.136 e. The van der Waals surface area contributed by atoms with Crippen molar-refractivity contribution in [3.8, 4) is 28.3 Å². The maximum absolute atomic E-state index is 11.2. The molecule has 2 bridgehead atoms. The van der Waals surface area contributed by atoms with E-state index in [-0.39, 0.29) is 11.8 Å². The first-order valence-electron chi connectivity index (χ1n) is 21.2. The second-order valence-electron chi connectivity index (χ2n) is 17.5. The molecule has 4 nitrogen and oxygen atoms in total. The summed E-state index contributed by atoms with van der Waals surface area (Å²) in [6.07, 6.45) is 2.13. The van der Waals surface area contributed by atoms with Crippen LogP contribution in [-0.4, -0.2) is 9.38 Å². The maximum atomic E-state index is 11.2. The average Bonchev–Trinajstić information content (AvgIpc) is 4.10. The number of nitriles is 1. The highest BCUT2D eigenvalue weighted by atomic mass is 16.3. The van der Waals surface area contributed by atoms with Crippen LogP contribution in [0.25, 0.3) is 82.3 Å². The highest BCUT2D eigenvalue weighted by molar-refractivity contribution is 6.37. The van der Waals surface area contributed by atoms with Gasteiger partial charge in [-0.1, -0.05) is 140 Å². The molecule has 0 unspecified atom stereocenters. The van der Waals surface area contributed by atoms with Gasteiger partial charge in [-0.3, -0.25) is 4.98 Å². The van der Waals surface area contributed by atoms with Gasteiger partial charge < -0.3 is 8.82 Å². The zero-order chi connectivity index (χ0) is 39.5. The van der Waals surface area contributed by atoms with Crippen LogP contribution >= 0.6 is 0 Å². The number of para-hydroxylation sites is 1. The van der Waals surface area contributed by atoms with Crippen LogP contribution in [0.2, 0.25) is 0 Å². The predicted molar refractivity (Wildman–Crippen MR) is 242 cm³/mol. The number of nitrogens with zero attached hydrogens (tertiary/aromatic N) is 3. The van der Waals surface area contributed by atoms with Gasteiger partial charge in [-0.2, -0.15) is 5.26 Å². The molecule has 0 saturated heterocycles. The number of benzene rings is 8. The van der Waals surface area contributed by atoms with E-state index in [0.717, 1.165) is 60.7 Å². The first-order chi connectivity index (χ1) is 30.3. The Bertz CT molecular complexity index is 4010. The van der Waals surface area contributed by atoms with Crippen molar-refractivity contribution < 1.29 is 4.42 Å². The lowest BCUT2D eigenvalue weighted by atomic mass is 9.59. The van der Waals surface area contributed by atoms with Gasteiger partial charge in [0.15, 0.2) is 0 Å². The Morgan fingerprint density at radius 1 is 0.525 bits per heavy atom. The molecule has 5 aliphatic rings. The van der Waals surface area contributed by atoms with Crippen molar-refractivity contribution >= 4 is 60.0 Å². The minimum Gasteiger partial charge on any atom is -0.456 e. The quantitative estimate of drug-likeness (QED) is 0.154. The molecule has 0 fully saturated rings. The average molecular weight is 772 g/mol. The Balaban J connectivity index is 1.14. The molecule has 61 heavy (non-hydrogen) atoms. The molecule has 0 amide bonds. The zero-order valence-corrected chi connectivity index (χ0v) is 32.5. The summed E-state index contributed by atoms with van der Waals surface area (Å²) in [7, 11) is 0. The third kappa shape index (κ3) is 3.22. The Kier molecular flexibility index (Phi) is 5.20. The fourth-order valence-electron chi connectivity index (χ4n) is 13.2. The molecular weight excluding hydrogens is 743 g/mol. The van der Waals surface area contributed by atoms with Gasteiger partial charge in [0, 0.05) is 49.7 Å².